The van der Waals surface area contributed by atoms with Crippen molar-refractivity contribution in [2.45, 2.75) is 39.3 Å². The fourth-order valence-electron chi connectivity index (χ4n) is 2.97. The number of nitrogens with zero attached hydrogens (tertiary/aromatic N) is 3. The van der Waals surface area contributed by atoms with Gasteiger partial charge in [-0.15, -0.1) is 0 Å². The molecule has 0 saturated carbocycles. The van der Waals surface area contributed by atoms with E-state index >= 15 is 0 Å². The van der Waals surface area contributed by atoms with Crippen molar-refractivity contribution in [2.75, 3.05) is 6.54 Å². The summed E-state index contributed by atoms with van der Waals surface area (Å²) in [5.41, 5.74) is 2.20. The third kappa shape index (κ3) is 1.81. The zero-order valence-electron chi connectivity index (χ0n) is 11.1. The standard InChI is InChI=1S/C14H20N4/c1-3-18-12-6-8-15-9-11(12)17-14(18)13-10(2)5-4-7-16-13/h6,8-10,13,16H,3-5,7H2,1-2H3. The number of imidazole rings is 1. The largest absolute Gasteiger partial charge is 0.327 e. The molecule has 2 atom stereocenters. The maximum Gasteiger partial charge on any atom is 0.127 e. The summed E-state index contributed by atoms with van der Waals surface area (Å²) < 4.78 is 2.32. The topological polar surface area (TPSA) is 42.7 Å². The van der Waals surface area contributed by atoms with Crippen LogP contribution in [0.2, 0.25) is 0 Å². The molecule has 18 heavy (non-hydrogen) atoms. The Hall–Kier alpha value is -1.42. The van der Waals surface area contributed by atoms with Crippen molar-refractivity contribution < 1.29 is 0 Å². The second kappa shape index (κ2) is 4.69. The van der Waals surface area contributed by atoms with Gasteiger partial charge in [0.1, 0.15) is 11.3 Å². The van der Waals surface area contributed by atoms with Crippen LogP contribution in [0.1, 0.15) is 38.6 Å². The highest BCUT2D eigenvalue weighted by atomic mass is 15.1. The number of fused-ring (bicyclic) bond motifs is 1. The number of aromatic nitrogens is 3. The fraction of sp³-hybridized carbons (Fsp3) is 0.571. The molecule has 1 N–H and O–H groups in total. The van der Waals surface area contributed by atoms with Crippen LogP contribution in [0.3, 0.4) is 0 Å². The Bertz CT molecular complexity index is 546. The van der Waals surface area contributed by atoms with Gasteiger partial charge in [-0.25, -0.2) is 4.98 Å². The SMILES string of the molecule is CCn1c(C2NCCCC2C)nc2cnccc21. The normalized spacial score (nSPS) is 24.6. The average Bonchev–Trinajstić information content (AvgIpc) is 2.77. The fourth-order valence-corrected chi connectivity index (χ4v) is 2.97. The van der Waals surface area contributed by atoms with E-state index in [1.54, 1.807) is 0 Å². The van der Waals surface area contributed by atoms with Crippen LogP contribution in [0.5, 0.6) is 0 Å². The first-order valence-corrected chi connectivity index (χ1v) is 6.84. The quantitative estimate of drug-likeness (QED) is 0.882. The van der Waals surface area contributed by atoms with E-state index in [1.807, 2.05) is 12.4 Å². The van der Waals surface area contributed by atoms with Crippen LogP contribution >= 0.6 is 0 Å². The van der Waals surface area contributed by atoms with Crippen LogP contribution in [0.25, 0.3) is 11.0 Å². The average molecular weight is 244 g/mol. The molecule has 0 spiro atoms. The molecule has 2 aromatic heterocycles. The van der Waals surface area contributed by atoms with Gasteiger partial charge in [-0.05, 0) is 38.3 Å². The summed E-state index contributed by atoms with van der Waals surface area (Å²) in [6.07, 6.45) is 6.25. The van der Waals surface area contributed by atoms with Crippen molar-refractivity contribution in [3.8, 4) is 0 Å². The number of rotatable bonds is 2. The molecule has 0 aromatic carbocycles. The first kappa shape index (κ1) is 11.7. The molecule has 96 valence electrons. The van der Waals surface area contributed by atoms with E-state index in [2.05, 4.69) is 34.8 Å². The summed E-state index contributed by atoms with van der Waals surface area (Å²) >= 11 is 0. The van der Waals surface area contributed by atoms with Crippen LogP contribution in [0.15, 0.2) is 18.5 Å². The van der Waals surface area contributed by atoms with Crippen molar-refractivity contribution in [2.24, 2.45) is 5.92 Å². The number of hydrogen-bond donors (Lipinski definition) is 1. The lowest BCUT2D eigenvalue weighted by molar-refractivity contribution is 0.289. The highest BCUT2D eigenvalue weighted by molar-refractivity contribution is 5.74. The highest BCUT2D eigenvalue weighted by Crippen LogP contribution is 2.30. The van der Waals surface area contributed by atoms with Gasteiger partial charge in [-0.2, -0.15) is 0 Å². The van der Waals surface area contributed by atoms with Gasteiger partial charge in [0.25, 0.3) is 0 Å². The van der Waals surface area contributed by atoms with Gasteiger partial charge in [0.15, 0.2) is 0 Å². The van der Waals surface area contributed by atoms with E-state index in [0.29, 0.717) is 12.0 Å². The van der Waals surface area contributed by atoms with E-state index < -0.39 is 0 Å². The molecule has 4 nitrogen and oxygen atoms in total. The van der Waals surface area contributed by atoms with Crippen LogP contribution in [-0.2, 0) is 6.54 Å². The minimum atomic E-state index is 0.381. The molecule has 1 saturated heterocycles. The summed E-state index contributed by atoms with van der Waals surface area (Å²) in [5.74, 6) is 1.82. The smallest absolute Gasteiger partial charge is 0.127 e. The van der Waals surface area contributed by atoms with Crippen LogP contribution < -0.4 is 5.32 Å². The number of nitrogens with one attached hydrogen (secondary N) is 1. The van der Waals surface area contributed by atoms with Gasteiger partial charge >= 0.3 is 0 Å². The molecule has 3 heterocycles. The Morgan fingerprint density at radius 2 is 2.39 bits per heavy atom. The van der Waals surface area contributed by atoms with Gasteiger partial charge in [-0.1, -0.05) is 6.92 Å². The summed E-state index contributed by atoms with van der Waals surface area (Å²) in [6.45, 7) is 6.55. The van der Waals surface area contributed by atoms with Crippen molar-refractivity contribution in [3.63, 3.8) is 0 Å². The maximum absolute atomic E-state index is 4.80. The molecule has 0 amide bonds. The number of pyridine rings is 1. The van der Waals surface area contributed by atoms with E-state index in [0.717, 1.165) is 18.6 Å². The van der Waals surface area contributed by atoms with Gasteiger partial charge in [0, 0.05) is 12.7 Å². The lowest BCUT2D eigenvalue weighted by Gasteiger charge is -2.29. The number of hydrogen-bond acceptors (Lipinski definition) is 3. The summed E-state index contributed by atoms with van der Waals surface area (Å²) in [6, 6.07) is 2.44. The molecular formula is C14H20N4. The second-order valence-corrected chi connectivity index (χ2v) is 5.13. The first-order valence-electron chi connectivity index (χ1n) is 6.84. The Kier molecular flexibility index (Phi) is 3.04. The number of piperidine rings is 1. The third-order valence-corrected chi connectivity index (χ3v) is 3.94. The van der Waals surface area contributed by atoms with Crippen LogP contribution in [0, 0.1) is 5.92 Å². The van der Waals surface area contributed by atoms with E-state index in [4.69, 9.17) is 4.98 Å². The van der Waals surface area contributed by atoms with Crippen LogP contribution in [-0.4, -0.2) is 21.1 Å². The van der Waals surface area contributed by atoms with Crippen molar-refractivity contribution >= 4 is 11.0 Å². The van der Waals surface area contributed by atoms with E-state index in [1.165, 1.54) is 24.2 Å². The third-order valence-electron chi connectivity index (χ3n) is 3.94. The van der Waals surface area contributed by atoms with Crippen molar-refractivity contribution in [1.29, 1.82) is 0 Å². The number of aryl methyl sites for hydroxylation is 1. The highest BCUT2D eigenvalue weighted by Gasteiger charge is 2.27. The molecule has 0 bridgehead atoms. The van der Waals surface area contributed by atoms with Gasteiger partial charge in [-0.3, -0.25) is 4.98 Å². The van der Waals surface area contributed by atoms with Crippen LogP contribution in [0.4, 0.5) is 0 Å². The lowest BCUT2D eigenvalue weighted by atomic mass is 9.92. The monoisotopic (exact) mass is 244 g/mol. The van der Waals surface area contributed by atoms with Gasteiger partial charge in [0.2, 0.25) is 0 Å². The van der Waals surface area contributed by atoms with Gasteiger partial charge < -0.3 is 9.88 Å². The first-order chi connectivity index (χ1) is 8.81. The molecule has 1 aliphatic heterocycles. The molecule has 0 aliphatic carbocycles. The summed E-state index contributed by atoms with van der Waals surface area (Å²) in [5, 5.41) is 3.62. The molecule has 3 rings (SSSR count). The lowest BCUT2D eigenvalue weighted by Crippen LogP contribution is -2.34. The Labute approximate surface area is 107 Å². The molecule has 0 radical (unpaired) electrons. The van der Waals surface area contributed by atoms with Crippen molar-refractivity contribution in [3.05, 3.63) is 24.3 Å². The molecule has 1 fully saturated rings. The predicted octanol–water partition coefficient (Wildman–Crippen LogP) is 2.51. The molecule has 2 aromatic rings. The van der Waals surface area contributed by atoms with E-state index in [-0.39, 0.29) is 0 Å². The Balaban J connectivity index is 2.10. The summed E-state index contributed by atoms with van der Waals surface area (Å²) in [7, 11) is 0. The zero-order valence-corrected chi connectivity index (χ0v) is 11.1. The van der Waals surface area contributed by atoms with E-state index in [9.17, 15) is 0 Å². The zero-order chi connectivity index (χ0) is 12.5. The second-order valence-electron chi connectivity index (χ2n) is 5.13. The Morgan fingerprint density at radius 3 is 3.17 bits per heavy atom. The minimum absolute atomic E-state index is 0.381. The summed E-state index contributed by atoms with van der Waals surface area (Å²) in [4.78, 5) is 8.97. The molecule has 1 aliphatic rings. The van der Waals surface area contributed by atoms with Crippen molar-refractivity contribution in [1.82, 2.24) is 19.9 Å². The molecule has 4 heteroatoms. The minimum Gasteiger partial charge on any atom is -0.327 e. The van der Waals surface area contributed by atoms with Gasteiger partial charge in [0.05, 0.1) is 17.8 Å². The predicted molar refractivity (Wildman–Crippen MR) is 72.3 cm³/mol. The maximum atomic E-state index is 4.80. The molecule has 2 unspecified atom stereocenters. The Morgan fingerprint density at radius 1 is 1.50 bits per heavy atom. The molecular weight excluding hydrogens is 224 g/mol.